The summed E-state index contributed by atoms with van der Waals surface area (Å²) >= 11 is 12.2. The number of carbonyl (C=O) groups excluding carboxylic acids is 1. The molecular formula is C21H23Cl2NO2. The number of rotatable bonds is 9. The fraction of sp³-hybridized carbons (Fsp3) is 0.286. The van der Waals surface area contributed by atoms with E-state index in [1.54, 1.807) is 12.1 Å². The van der Waals surface area contributed by atoms with Gasteiger partial charge >= 0.3 is 0 Å². The van der Waals surface area contributed by atoms with Crippen LogP contribution in [0.5, 0.6) is 0 Å². The second-order valence-electron chi connectivity index (χ2n) is 6.08. The first-order valence-electron chi connectivity index (χ1n) is 8.66. The summed E-state index contributed by atoms with van der Waals surface area (Å²) in [5.41, 5.74) is 2.94. The van der Waals surface area contributed by atoms with Gasteiger partial charge in [0.2, 0.25) is 0 Å². The lowest BCUT2D eigenvalue weighted by molar-refractivity contribution is -0.115. The summed E-state index contributed by atoms with van der Waals surface area (Å²) in [5, 5.41) is 12.8. The summed E-state index contributed by atoms with van der Waals surface area (Å²) in [5.74, 6) is -0.175. The Balaban J connectivity index is 2.00. The molecule has 0 spiro atoms. The van der Waals surface area contributed by atoms with E-state index in [-0.39, 0.29) is 12.5 Å². The van der Waals surface area contributed by atoms with Crippen molar-refractivity contribution in [2.75, 3.05) is 13.2 Å². The molecule has 5 heteroatoms. The molecule has 0 atom stereocenters. The molecule has 2 aromatic rings. The van der Waals surface area contributed by atoms with Gasteiger partial charge in [0.15, 0.2) is 0 Å². The van der Waals surface area contributed by atoms with E-state index in [0.717, 1.165) is 42.4 Å². The highest BCUT2D eigenvalue weighted by molar-refractivity contribution is 6.36. The number of halogens is 2. The molecule has 2 N–H and O–H groups in total. The van der Waals surface area contributed by atoms with Crippen LogP contribution in [-0.4, -0.2) is 24.2 Å². The predicted octanol–water partition coefficient (Wildman–Crippen LogP) is 5.34. The van der Waals surface area contributed by atoms with Crippen molar-refractivity contribution >= 4 is 34.7 Å². The van der Waals surface area contributed by atoms with Gasteiger partial charge in [-0.2, -0.15) is 0 Å². The normalized spacial score (nSPS) is 10.6. The molecule has 0 radical (unpaired) electrons. The first-order valence-corrected chi connectivity index (χ1v) is 9.42. The van der Waals surface area contributed by atoms with Crippen molar-refractivity contribution in [1.82, 2.24) is 5.32 Å². The maximum atomic E-state index is 12.3. The van der Waals surface area contributed by atoms with Crippen LogP contribution >= 0.6 is 23.2 Å². The van der Waals surface area contributed by atoms with Crippen molar-refractivity contribution in [2.24, 2.45) is 0 Å². The van der Waals surface area contributed by atoms with Gasteiger partial charge < -0.3 is 10.4 Å². The molecule has 2 aromatic carbocycles. The van der Waals surface area contributed by atoms with Gasteiger partial charge in [0.05, 0.1) is 0 Å². The Bertz CT molecular complexity index is 774. The Morgan fingerprint density at radius 2 is 1.81 bits per heavy atom. The van der Waals surface area contributed by atoms with Crippen LogP contribution in [0.1, 0.15) is 31.2 Å². The second kappa shape index (κ2) is 10.4. The number of aliphatic hydroxyl groups is 1. The zero-order valence-electron chi connectivity index (χ0n) is 14.6. The van der Waals surface area contributed by atoms with Crippen molar-refractivity contribution in [3.05, 3.63) is 64.7 Å². The summed E-state index contributed by atoms with van der Waals surface area (Å²) in [6, 6.07) is 12.9. The monoisotopic (exact) mass is 391 g/mol. The minimum Gasteiger partial charge on any atom is -0.396 e. The van der Waals surface area contributed by atoms with Crippen LogP contribution in [0.15, 0.2) is 49.0 Å². The van der Waals surface area contributed by atoms with E-state index in [0.29, 0.717) is 22.2 Å². The van der Waals surface area contributed by atoms with Crippen LogP contribution in [0.3, 0.4) is 0 Å². The van der Waals surface area contributed by atoms with E-state index in [4.69, 9.17) is 28.3 Å². The standard InChI is InChI=1S/C21H23Cl2NO2/c1-15(21(26)24-11-4-2-3-5-12-25)16-7-6-8-17(13-16)19-10-9-18(22)14-20(19)23/h6-10,13-14,25H,1-5,11-12H2,(H,24,26). The molecule has 0 heterocycles. The zero-order valence-corrected chi connectivity index (χ0v) is 16.1. The molecule has 26 heavy (non-hydrogen) atoms. The first-order chi connectivity index (χ1) is 12.5. The summed E-state index contributed by atoms with van der Waals surface area (Å²) in [7, 11) is 0. The molecule has 0 aromatic heterocycles. The van der Waals surface area contributed by atoms with Gasteiger partial charge in [0.25, 0.3) is 5.91 Å². The molecule has 0 saturated carbocycles. The summed E-state index contributed by atoms with van der Waals surface area (Å²) < 4.78 is 0. The van der Waals surface area contributed by atoms with Crippen molar-refractivity contribution in [1.29, 1.82) is 0 Å². The molecule has 3 nitrogen and oxygen atoms in total. The highest BCUT2D eigenvalue weighted by Gasteiger charge is 2.11. The average Bonchev–Trinajstić information content (AvgIpc) is 2.64. The van der Waals surface area contributed by atoms with Gasteiger partial charge in [-0.05, 0) is 42.2 Å². The Morgan fingerprint density at radius 1 is 1.04 bits per heavy atom. The molecule has 0 fully saturated rings. The quantitative estimate of drug-likeness (QED) is 0.447. The molecular weight excluding hydrogens is 369 g/mol. The minimum atomic E-state index is -0.175. The second-order valence-corrected chi connectivity index (χ2v) is 6.92. The van der Waals surface area contributed by atoms with Gasteiger partial charge in [0, 0.05) is 34.3 Å². The lowest BCUT2D eigenvalue weighted by atomic mass is 9.99. The average molecular weight is 392 g/mol. The maximum Gasteiger partial charge on any atom is 0.251 e. The van der Waals surface area contributed by atoms with Gasteiger partial charge in [-0.15, -0.1) is 0 Å². The third-order valence-electron chi connectivity index (χ3n) is 4.10. The van der Waals surface area contributed by atoms with E-state index in [1.807, 2.05) is 30.3 Å². The number of benzene rings is 2. The van der Waals surface area contributed by atoms with Crippen molar-refractivity contribution < 1.29 is 9.90 Å². The van der Waals surface area contributed by atoms with Crippen LogP contribution in [0.4, 0.5) is 0 Å². The van der Waals surface area contributed by atoms with Crippen LogP contribution in [0.2, 0.25) is 10.0 Å². The molecule has 0 saturated heterocycles. The number of carbonyl (C=O) groups is 1. The Labute approximate surface area is 164 Å². The fourth-order valence-electron chi connectivity index (χ4n) is 2.63. The lowest BCUT2D eigenvalue weighted by Gasteiger charge is -2.10. The molecule has 138 valence electrons. The van der Waals surface area contributed by atoms with Gasteiger partial charge in [0.1, 0.15) is 0 Å². The van der Waals surface area contributed by atoms with E-state index in [1.165, 1.54) is 0 Å². The SMILES string of the molecule is C=C(C(=O)NCCCCCCO)c1cccc(-c2ccc(Cl)cc2Cl)c1. The summed E-state index contributed by atoms with van der Waals surface area (Å²) in [4.78, 5) is 12.3. The van der Waals surface area contributed by atoms with Crippen molar-refractivity contribution in [3.8, 4) is 11.1 Å². The number of unbranched alkanes of at least 4 members (excludes halogenated alkanes) is 3. The van der Waals surface area contributed by atoms with E-state index in [2.05, 4.69) is 11.9 Å². The number of hydrogen-bond acceptors (Lipinski definition) is 2. The zero-order chi connectivity index (χ0) is 18.9. The van der Waals surface area contributed by atoms with Crippen LogP contribution in [0, 0.1) is 0 Å². The molecule has 0 aliphatic carbocycles. The summed E-state index contributed by atoms with van der Waals surface area (Å²) in [6.45, 7) is 4.75. The Morgan fingerprint density at radius 3 is 2.54 bits per heavy atom. The maximum absolute atomic E-state index is 12.3. The highest BCUT2D eigenvalue weighted by Crippen LogP contribution is 2.31. The highest BCUT2D eigenvalue weighted by atomic mass is 35.5. The lowest BCUT2D eigenvalue weighted by Crippen LogP contribution is -2.25. The van der Waals surface area contributed by atoms with Crippen LogP contribution < -0.4 is 5.32 Å². The smallest absolute Gasteiger partial charge is 0.251 e. The summed E-state index contributed by atoms with van der Waals surface area (Å²) in [6.07, 6.45) is 3.65. The number of aliphatic hydroxyl groups excluding tert-OH is 1. The van der Waals surface area contributed by atoms with E-state index >= 15 is 0 Å². The topological polar surface area (TPSA) is 49.3 Å². The molecule has 2 rings (SSSR count). The fourth-order valence-corrected chi connectivity index (χ4v) is 3.15. The molecule has 0 aliphatic rings. The number of hydrogen-bond donors (Lipinski definition) is 2. The van der Waals surface area contributed by atoms with Gasteiger partial charge in [-0.25, -0.2) is 0 Å². The van der Waals surface area contributed by atoms with Crippen LogP contribution in [0.25, 0.3) is 16.7 Å². The molecule has 0 unspecified atom stereocenters. The van der Waals surface area contributed by atoms with Gasteiger partial charge in [-0.1, -0.05) is 66.9 Å². The number of amides is 1. The van der Waals surface area contributed by atoms with Crippen molar-refractivity contribution in [2.45, 2.75) is 25.7 Å². The van der Waals surface area contributed by atoms with Gasteiger partial charge in [-0.3, -0.25) is 4.79 Å². The van der Waals surface area contributed by atoms with E-state index in [9.17, 15) is 4.79 Å². The van der Waals surface area contributed by atoms with Crippen molar-refractivity contribution in [3.63, 3.8) is 0 Å². The van der Waals surface area contributed by atoms with E-state index < -0.39 is 0 Å². The molecule has 0 bridgehead atoms. The predicted molar refractivity (Wildman–Crippen MR) is 109 cm³/mol. The Hall–Kier alpha value is -1.81. The molecule has 0 aliphatic heterocycles. The third kappa shape index (κ3) is 5.87. The molecule has 1 amide bonds. The first kappa shape index (κ1) is 20.5. The minimum absolute atomic E-state index is 0.175. The largest absolute Gasteiger partial charge is 0.396 e. The Kier molecular flexibility index (Phi) is 8.17. The number of nitrogens with one attached hydrogen (secondary N) is 1. The third-order valence-corrected chi connectivity index (χ3v) is 4.65. The van der Waals surface area contributed by atoms with Crippen LogP contribution in [-0.2, 0) is 4.79 Å².